The van der Waals surface area contributed by atoms with Crippen LogP contribution in [-0.2, 0) is 0 Å². The molecule has 1 aliphatic carbocycles. The number of rotatable bonds is 0. The molecule has 3 fully saturated rings. The van der Waals surface area contributed by atoms with Crippen molar-refractivity contribution in [3.63, 3.8) is 0 Å². The van der Waals surface area contributed by atoms with Crippen LogP contribution in [0.4, 0.5) is 0 Å². The summed E-state index contributed by atoms with van der Waals surface area (Å²) in [4.78, 5) is 0. The van der Waals surface area contributed by atoms with Crippen molar-refractivity contribution in [2.24, 2.45) is 5.92 Å². The third-order valence-corrected chi connectivity index (χ3v) is 4.28. The number of fused-ring (bicyclic) bond motifs is 3. The summed E-state index contributed by atoms with van der Waals surface area (Å²) in [6.45, 7) is 4.55. The summed E-state index contributed by atoms with van der Waals surface area (Å²) in [5.41, 5.74) is 0.253. The molecule has 0 unspecified atom stereocenters. The van der Waals surface area contributed by atoms with Crippen LogP contribution in [0.3, 0.4) is 0 Å². The van der Waals surface area contributed by atoms with Crippen LogP contribution >= 0.6 is 11.8 Å². The lowest BCUT2D eigenvalue weighted by Crippen LogP contribution is -2.56. The van der Waals surface area contributed by atoms with Gasteiger partial charge in [0.1, 0.15) is 0 Å². The lowest BCUT2D eigenvalue weighted by molar-refractivity contribution is -0.00202. The van der Waals surface area contributed by atoms with Crippen molar-refractivity contribution in [1.29, 1.82) is 0 Å². The summed E-state index contributed by atoms with van der Waals surface area (Å²) in [7, 11) is 0. The summed E-state index contributed by atoms with van der Waals surface area (Å²) in [5, 5.41) is 0. The SMILES string of the molecule is CC1(C)C2CCC(CC2)N1Cl. The number of hydrogen-bond acceptors (Lipinski definition) is 1. The molecule has 2 aliphatic heterocycles. The van der Waals surface area contributed by atoms with E-state index in [4.69, 9.17) is 11.8 Å². The number of piperidine rings is 2. The molecule has 0 aromatic carbocycles. The molecule has 2 saturated heterocycles. The maximum absolute atomic E-state index is 6.24. The minimum Gasteiger partial charge on any atom is -0.211 e. The van der Waals surface area contributed by atoms with Gasteiger partial charge in [-0.15, -0.1) is 0 Å². The molecule has 64 valence electrons. The molecule has 1 saturated carbocycles. The van der Waals surface area contributed by atoms with Crippen LogP contribution < -0.4 is 0 Å². The molecule has 2 bridgehead atoms. The Bertz CT molecular complexity index is 155. The van der Waals surface area contributed by atoms with Gasteiger partial charge in [0.2, 0.25) is 0 Å². The highest BCUT2D eigenvalue weighted by Crippen LogP contribution is 2.46. The van der Waals surface area contributed by atoms with Gasteiger partial charge >= 0.3 is 0 Å². The molecule has 0 spiro atoms. The summed E-state index contributed by atoms with van der Waals surface area (Å²) >= 11 is 6.24. The van der Waals surface area contributed by atoms with Crippen LogP contribution in [0.5, 0.6) is 0 Å². The van der Waals surface area contributed by atoms with Crippen LogP contribution in [0.15, 0.2) is 0 Å². The molecular weight excluding hydrogens is 158 g/mol. The molecule has 2 heteroatoms. The van der Waals surface area contributed by atoms with Crippen molar-refractivity contribution in [3.8, 4) is 0 Å². The van der Waals surface area contributed by atoms with Gasteiger partial charge in [0, 0.05) is 11.6 Å². The Labute approximate surface area is 73.8 Å². The smallest absolute Gasteiger partial charge is 0.0337 e. The monoisotopic (exact) mass is 173 g/mol. The average Bonchev–Trinajstić information content (AvgIpc) is 2.01. The van der Waals surface area contributed by atoms with Gasteiger partial charge in [0.05, 0.1) is 0 Å². The predicted octanol–water partition coefficient (Wildman–Crippen LogP) is 2.79. The van der Waals surface area contributed by atoms with Crippen LogP contribution in [-0.4, -0.2) is 16.0 Å². The van der Waals surface area contributed by atoms with Crippen LogP contribution in [0, 0.1) is 5.92 Å². The van der Waals surface area contributed by atoms with Crippen LogP contribution in [0.2, 0.25) is 0 Å². The normalized spacial score (nSPS) is 42.8. The first kappa shape index (κ1) is 7.88. The fraction of sp³-hybridized carbons (Fsp3) is 1.00. The Balaban J connectivity index is 2.23. The molecule has 0 atom stereocenters. The summed E-state index contributed by atoms with van der Waals surface area (Å²) in [5.74, 6) is 0.838. The molecule has 3 rings (SSSR count). The van der Waals surface area contributed by atoms with Crippen LogP contribution in [0.25, 0.3) is 0 Å². The molecule has 0 amide bonds. The maximum Gasteiger partial charge on any atom is 0.0337 e. The zero-order valence-electron chi connectivity index (χ0n) is 7.31. The molecule has 0 aromatic rings. The van der Waals surface area contributed by atoms with E-state index >= 15 is 0 Å². The molecule has 0 radical (unpaired) electrons. The highest BCUT2D eigenvalue weighted by atomic mass is 35.5. The Morgan fingerprint density at radius 1 is 1.18 bits per heavy atom. The van der Waals surface area contributed by atoms with E-state index in [1.54, 1.807) is 0 Å². The van der Waals surface area contributed by atoms with Gasteiger partial charge in [0.25, 0.3) is 0 Å². The fourth-order valence-electron chi connectivity index (χ4n) is 2.65. The molecular formula is C9H16ClN. The second-order valence-corrected chi connectivity index (χ2v) is 4.83. The van der Waals surface area contributed by atoms with Gasteiger partial charge in [-0.3, -0.25) is 0 Å². The second kappa shape index (κ2) is 2.37. The first-order valence-electron chi connectivity index (χ1n) is 4.57. The van der Waals surface area contributed by atoms with E-state index in [0.717, 1.165) is 5.92 Å². The Morgan fingerprint density at radius 3 is 2.00 bits per heavy atom. The molecule has 1 nitrogen and oxygen atoms in total. The largest absolute Gasteiger partial charge is 0.211 e. The van der Waals surface area contributed by atoms with E-state index in [-0.39, 0.29) is 5.54 Å². The Morgan fingerprint density at radius 2 is 1.73 bits per heavy atom. The lowest BCUT2D eigenvalue weighted by Gasteiger charge is -2.53. The molecule has 11 heavy (non-hydrogen) atoms. The van der Waals surface area contributed by atoms with Gasteiger partial charge in [-0.25, -0.2) is 4.42 Å². The highest BCUT2D eigenvalue weighted by Gasteiger charge is 2.46. The third-order valence-electron chi connectivity index (χ3n) is 3.57. The van der Waals surface area contributed by atoms with Crippen molar-refractivity contribution >= 4 is 11.8 Å². The lowest BCUT2D eigenvalue weighted by atomic mass is 9.70. The van der Waals surface area contributed by atoms with Gasteiger partial charge in [-0.2, -0.15) is 0 Å². The van der Waals surface area contributed by atoms with Gasteiger partial charge in [-0.05, 0) is 57.2 Å². The standard InChI is InChI=1S/C9H16ClN/c1-9(2)7-3-5-8(6-4-7)11(9)10/h7-8H,3-6H2,1-2H3. The minimum absolute atomic E-state index is 0.253. The first-order valence-corrected chi connectivity index (χ1v) is 4.91. The van der Waals surface area contributed by atoms with Gasteiger partial charge in [-0.1, -0.05) is 0 Å². The third kappa shape index (κ3) is 1.01. The minimum atomic E-state index is 0.253. The topological polar surface area (TPSA) is 3.24 Å². The molecule has 0 aromatic heterocycles. The summed E-state index contributed by atoms with van der Waals surface area (Å²) in [6, 6.07) is 0.664. The molecule has 0 N–H and O–H groups in total. The van der Waals surface area contributed by atoms with E-state index < -0.39 is 0 Å². The van der Waals surface area contributed by atoms with Crippen molar-refractivity contribution in [2.45, 2.75) is 51.1 Å². The van der Waals surface area contributed by atoms with Crippen molar-refractivity contribution in [1.82, 2.24) is 4.42 Å². The predicted molar refractivity (Wildman–Crippen MR) is 47.5 cm³/mol. The van der Waals surface area contributed by atoms with E-state index in [9.17, 15) is 0 Å². The van der Waals surface area contributed by atoms with Crippen molar-refractivity contribution in [2.75, 3.05) is 0 Å². The Hall–Kier alpha value is 0.250. The zero-order valence-corrected chi connectivity index (χ0v) is 8.06. The summed E-state index contributed by atoms with van der Waals surface area (Å²) in [6.07, 6.45) is 5.41. The fourth-order valence-corrected chi connectivity index (χ4v) is 2.99. The molecule has 2 heterocycles. The number of nitrogens with zero attached hydrogens (tertiary/aromatic N) is 1. The van der Waals surface area contributed by atoms with E-state index in [2.05, 4.69) is 18.3 Å². The van der Waals surface area contributed by atoms with Crippen molar-refractivity contribution < 1.29 is 0 Å². The van der Waals surface area contributed by atoms with Gasteiger partial charge < -0.3 is 0 Å². The first-order chi connectivity index (χ1) is 5.12. The van der Waals surface area contributed by atoms with Gasteiger partial charge in [0.15, 0.2) is 0 Å². The average molecular weight is 174 g/mol. The van der Waals surface area contributed by atoms with Crippen LogP contribution in [0.1, 0.15) is 39.5 Å². The second-order valence-electron chi connectivity index (χ2n) is 4.47. The number of hydrogen-bond donors (Lipinski definition) is 0. The van der Waals surface area contributed by atoms with Crippen molar-refractivity contribution in [3.05, 3.63) is 0 Å². The number of halogens is 1. The van der Waals surface area contributed by atoms with E-state index in [1.807, 2.05) is 0 Å². The molecule has 3 aliphatic rings. The quantitative estimate of drug-likeness (QED) is 0.510. The Kier molecular flexibility index (Phi) is 1.69. The zero-order chi connectivity index (χ0) is 8.06. The maximum atomic E-state index is 6.24. The highest BCUT2D eigenvalue weighted by molar-refractivity contribution is 6.14. The summed E-state index contributed by atoms with van der Waals surface area (Å²) < 4.78 is 2.07. The van der Waals surface area contributed by atoms with E-state index in [1.165, 1.54) is 25.7 Å². The van der Waals surface area contributed by atoms with E-state index in [0.29, 0.717) is 6.04 Å².